The zero-order chi connectivity index (χ0) is 27.9. The van der Waals surface area contributed by atoms with Crippen LogP contribution in [0.15, 0.2) is 54.6 Å². The van der Waals surface area contributed by atoms with Gasteiger partial charge < -0.3 is 19.7 Å². The Morgan fingerprint density at radius 3 is 2.05 bits per heavy atom. The van der Waals surface area contributed by atoms with Crippen molar-refractivity contribution >= 4 is 45.6 Å². The predicted molar refractivity (Wildman–Crippen MR) is 160 cm³/mol. The Morgan fingerprint density at radius 1 is 0.897 bits per heavy atom. The van der Waals surface area contributed by atoms with Crippen molar-refractivity contribution in [3.05, 3.63) is 65.7 Å². The third-order valence-corrected chi connectivity index (χ3v) is 6.38. The van der Waals surface area contributed by atoms with Crippen LogP contribution in [0, 0.1) is 6.92 Å². The number of ether oxygens (including phenoxy) is 2. The van der Waals surface area contributed by atoms with Crippen molar-refractivity contribution in [3.63, 3.8) is 0 Å². The molecule has 1 heterocycles. The number of aromatic nitrogens is 3. The van der Waals surface area contributed by atoms with Gasteiger partial charge in [0.15, 0.2) is 5.11 Å². The fourth-order valence-corrected chi connectivity index (χ4v) is 4.44. The van der Waals surface area contributed by atoms with Gasteiger partial charge in [-0.1, -0.05) is 0 Å². The molecule has 0 fully saturated rings. The largest absolute Gasteiger partial charge is 0.494 e. The van der Waals surface area contributed by atoms with Crippen molar-refractivity contribution in [3.8, 4) is 17.2 Å². The molecule has 1 aromatic heterocycles. The van der Waals surface area contributed by atoms with Gasteiger partial charge in [0.1, 0.15) is 22.5 Å². The Labute approximate surface area is 234 Å². The molecule has 0 bridgehead atoms. The molecule has 9 nitrogen and oxygen atoms in total. The Hall–Kier alpha value is -4.18. The number of hydrogen-bond acceptors (Lipinski definition) is 7. The maximum atomic E-state index is 12.9. The summed E-state index contributed by atoms with van der Waals surface area (Å²) >= 11 is 5.45. The highest BCUT2D eigenvalue weighted by Crippen LogP contribution is 2.25. The number of thiocarbonyl (C=S) groups is 1. The summed E-state index contributed by atoms with van der Waals surface area (Å²) in [6, 6.07) is 17.1. The van der Waals surface area contributed by atoms with Gasteiger partial charge in [0.05, 0.1) is 18.9 Å². The second-order valence-corrected chi connectivity index (χ2v) is 9.21. The number of aryl methyl sites for hydroxylation is 1. The quantitative estimate of drug-likeness (QED) is 0.252. The van der Waals surface area contributed by atoms with Gasteiger partial charge in [0, 0.05) is 36.1 Å². The number of hydrogen-bond donors (Lipinski definition) is 2. The summed E-state index contributed by atoms with van der Waals surface area (Å²) in [6.07, 6.45) is 0. The third-order valence-electron chi connectivity index (χ3n) is 6.18. The summed E-state index contributed by atoms with van der Waals surface area (Å²) in [5.41, 5.74) is 5.54. The summed E-state index contributed by atoms with van der Waals surface area (Å²) in [4.78, 5) is 16.9. The van der Waals surface area contributed by atoms with Crippen LogP contribution in [0.4, 0.5) is 11.4 Å². The summed E-state index contributed by atoms with van der Waals surface area (Å²) in [7, 11) is 0. The van der Waals surface area contributed by atoms with Gasteiger partial charge in [-0.15, -0.1) is 10.2 Å². The summed E-state index contributed by atoms with van der Waals surface area (Å²) in [5.74, 6) is 0.743. The van der Waals surface area contributed by atoms with E-state index >= 15 is 0 Å². The molecule has 0 radical (unpaired) electrons. The van der Waals surface area contributed by atoms with Crippen LogP contribution < -0.4 is 25.0 Å². The molecule has 0 spiro atoms. The highest BCUT2D eigenvalue weighted by atomic mass is 32.1. The molecule has 204 valence electrons. The molecular formula is C29H34N6O3S. The van der Waals surface area contributed by atoms with E-state index in [-0.39, 0.29) is 11.0 Å². The molecule has 1 amide bonds. The minimum absolute atomic E-state index is 0.168. The summed E-state index contributed by atoms with van der Waals surface area (Å²) in [6.45, 7) is 12.8. The lowest BCUT2D eigenvalue weighted by atomic mass is 10.1. The SMILES string of the molecule is CCOc1cc(OCC)cc(C(=O)NC(=S)Nc2cc3nn(-c4ccc(N(CC)CC)cc4)nc3cc2C)c1. The van der Waals surface area contributed by atoms with Crippen LogP contribution in [0.5, 0.6) is 11.5 Å². The minimum Gasteiger partial charge on any atom is -0.494 e. The number of benzene rings is 3. The van der Waals surface area contributed by atoms with Crippen LogP contribution in [0.1, 0.15) is 43.6 Å². The first-order chi connectivity index (χ1) is 18.8. The normalized spacial score (nSPS) is 10.8. The van der Waals surface area contributed by atoms with Crippen molar-refractivity contribution in [2.45, 2.75) is 34.6 Å². The van der Waals surface area contributed by atoms with Gasteiger partial charge >= 0.3 is 0 Å². The van der Waals surface area contributed by atoms with E-state index in [1.807, 2.05) is 45.0 Å². The predicted octanol–water partition coefficient (Wildman–Crippen LogP) is 5.50. The number of anilines is 2. The van der Waals surface area contributed by atoms with Gasteiger partial charge in [0.25, 0.3) is 5.91 Å². The minimum atomic E-state index is -0.368. The molecule has 0 unspecified atom stereocenters. The van der Waals surface area contributed by atoms with Crippen LogP contribution in [0.2, 0.25) is 0 Å². The van der Waals surface area contributed by atoms with Gasteiger partial charge in [-0.2, -0.15) is 4.80 Å². The fraction of sp³-hybridized carbons (Fsp3) is 0.310. The molecule has 0 saturated heterocycles. The molecule has 39 heavy (non-hydrogen) atoms. The van der Waals surface area contributed by atoms with E-state index in [0.29, 0.717) is 35.8 Å². The monoisotopic (exact) mass is 546 g/mol. The molecule has 4 rings (SSSR count). The standard InChI is InChI=1S/C29H34N6O3S/c1-6-34(7-2)21-10-12-22(13-11-21)35-32-26-14-19(5)25(18-27(26)33-35)30-29(39)31-28(36)20-15-23(37-8-3)17-24(16-20)38-9-4/h10-18H,6-9H2,1-5H3,(H2,30,31,36,39). The number of carbonyl (C=O) groups is 1. The van der Waals surface area contributed by atoms with Crippen LogP contribution in [-0.4, -0.2) is 52.3 Å². The first-order valence-corrected chi connectivity index (χ1v) is 13.5. The number of nitrogens with zero attached hydrogens (tertiary/aromatic N) is 4. The molecule has 3 aromatic carbocycles. The average molecular weight is 547 g/mol. The molecule has 10 heteroatoms. The van der Waals surface area contributed by atoms with Crippen molar-refractivity contribution < 1.29 is 14.3 Å². The Kier molecular flexibility index (Phi) is 8.98. The van der Waals surface area contributed by atoms with E-state index in [4.69, 9.17) is 21.7 Å². The first-order valence-electron chi connectivity index (χ1n) is 13.1. The second-order valence-electron chi connectivity index (χ2n) is 8.80. The smallest absolute Gasteiger partial charge is 0.257 e. The van der Waals surface area contributed by atoms with E-state index in [9.17, 15) is 4.79 Å². The highest BCUT2D eigenvalue weighted by molar-refractivity contribution is 7.80. The van der Waals surface area contributed by atoms with Crippen LogP contribution in [-0.2, 0) is 0 Å². The molecular weight excluding hydrogens is 512 g/mol. The van der Waals surface area contributed by atoms with Gasteiger partial charge in [0.2, 0.25) is 0 Å². The van der Waals surface area contributed by atoms with E-state index in [2.05, 4.69) is 51.7 Å². The van der Waals surface area contributed by atoms with Gasteiger partial charge in [-0.25, -0.2) is 0 Å². The van der Waals surface area contributed by atoms with Gasteiger partial charge in [-0.3, -0.25) is 10.1 Å². The molecule has 2 N–H and O–H groups in total. The molecule has 0 aliphatic rings. The van der Waals surface area contributed by atoms with Gasteiger partial charge in [-0.05, 0) is 101 Å². The van der Waals surface area contributed by atoms with E-state index < -0.39 is 0 Å². The lowest BCUT2D eigenvalue weighted by molar-refractivity contribution is 0.0976. The summed E-state index contributed by atoms with van der Waals surface area (Å²) in [5, 5.41) is 15.3. The highest BCUT2D eigenvalue weighted by Gasteiger charge is 2.14. The first kappa shape index (κ1) is 27.8. The molecule has 0 saturated carbocycles. The summed E-state index contributed by atoms with van der Waals surface area (Å²) < 4.78 is 11.2. The molecule has 0 aliphatic carbocycles. The molecule has 4 aromatic rings. The zero-order valence-electron chi connectivity index (χ0n) is 22.9. The number of nitrogens with one attached hydrogen (secondary N) is 2. The fourth-order valence-electron chi connectivity index (χ4n) is 4.24. The Morgan fingerprint density at radius 2 is 1.49 bits per heavy atom. The lowest BCUT2D eigenvalue weighted by Crippen LogP contribution is -2.34. The maximum Gasteiger partial charge on any atom is 0.257 e. The Balaban J connectivity index is 1.49. The van der Waals surface area contributed by atoms with Crippen LogP contribution in [0.3, 0.4) is 0 Å². The topological polar surface area (TPSA) is 93.5 Å². The Bertz CT molecular complexity index is 1440. The average Bonchev–Trinajstić information content (AvgIpc) is 3.33. The number of fused-ring (bicyclic) bond motifs is 1. The number of amides is 1. The van der Waals surface area contributed by atoms with Crippen molar-refractivity contribution in [1.82, 2.24) is 20.3 Å². The number of carbonyl (C=O) groups excluding carboxylic acids is 1. The molecule has 0 aliphatic heterocycles. The lowest BCUT2D eigenvalue weighted by Gasteiger charge is -2.20. The maximum absolute atomic E-state index is 12.9. The van der Waals surface area contributed by atoms with E-state index in [1.165, 1.54) is 0 Å². The van der Waals surface area contributed by atoms with E-state index in [1.54, 1.807) is 23.0 Å². The third kappa shape index (κ3) is 6.64. The zero-order valence-corrected chi connectivity index (χ0v) is 23.8. The van der Waals surface area contributed by atoms with E-state index in [0.717, 1.165) is 41.2 Å². The molecule has 0 atom stereocenters. The van der Waals surface area contributed by atoms with Crippen molar-refractivity contribution in [1.29, 1.82) is 0 Å². The van der Waals surface area contributed by atoms with Crippen LogP contribution >= 0.6 is 12.2 Å². The van der Waals surface area contributed by atoms with Crippen LogP contribution in [0.25, 0.3) is 16.7 Å². The van der Waals surface area contributed by atoms with Crippen molar-refractivity contribution in [2.75, 3.05) is 36.5 Å². The number of rotatable bonds is 10. The second kappa shape index (κ2) is 12.6. The van der Waals surface area contributed by atoms with Crippen molar-refractivity contribution in [2.24, 2.45) is 0 Å².